The number of aromatic amines is 1. The molecule has 1 fully saturated rings. The second-order valence-electron chi connectivity index (χ2n) is 5.76. The highest BCUT2D eigenvalue weighted by atomic mass is 15.1. The first kappa shape index (κ1) is 12.5. The fraction of sp³-hybridized carbons (Fsp3) is 0.562. The fourth-order valence-corrected chi connectivity index (χ4v) is 3.25. The largest absolute Gasteiger partial charge is 0.382 e. The summed E-state index contributed by atoms with van der Waals surface area (Å²) in [6, 6.07) is 6.96. The Kier molecular flexibility index (Phi) is 3.72. The third-order valence-electron chi connectivity index (χ3n) is 4.51. The minimum absolute atomic E-state index is 0.622. The quantitative estimate of drug-likeness (QED) is 0.803. The van der Waals surface area contributed by atoms with Crippen LogP contribution >= 0.6 is 0 Å². The molecule has 19 heavy (non-hydrogen) atoms. The number of hydrogen-bond acceptors (Lipinski definition) is 2. The minimum Gasteiger partial charge on any atom is -0.382 e. The van der Waals surface area contributed by atoms with Gasteiger partial charge < -0.3 is 5.32 Å². The lowest BCUT2D eigenvalue weighted by atomic mass is 9.98. The number of anilines is 1. The van der Waals surface area contributed by atoms with E-state index in [1.807, 2.05) is 6.20 Å². The van der Waals surface area contributed by atoms with Crippen molar-refractivity contribution in [3.05, 3.63) is 24.4 Å². The molecule has 1 saturated carbocycles. The Bertz CT molecular complexity index is 532. The zero-order valence-electron chi connectivity index (χ0n) is 11.7. The summed E-state index contributed by atoms with van der Waals surface area (Å²) in [4.78, 5) is 0. The maximum absolute atomic E-state index is 4.13. The van der Waals surface area contributed by atoms with Crippen LogP contribution in [0.5, 0.6) is 0 Å². The Balaban J connectivity index is 1.72. The van der Waals surface area contributed by atoms with Gasteiger partial charge in [0.15, 0.2) is 0 Å². The van der Waals surface area contributed by atoms with Crippen molar-refractivity contribution in [2.24, 2.45) is 5.92 Å². The van der Waals surface area contributed by atoms with Crippen LogP contribution in [-0.2, 0) is 0 Å². The van der Waals surface area contributed by atoms with Crippen LogP contribution in [0.4, 0.5) is 5.69 Å². The Hall–Kier alpha value is -1.51. The highest BCUT2D eigenvalue weighted by Gasteiger charge is 2.18. The van der Waals surface area contributed by atoms with Crippen LogP contribution in [0, 0.1) is 5.92 Å². The molecule has 0 bridgehead atoms. The summed E-state index contributed by atoms with van der Waals surface area (Å²) in [6.07, 6.45) is 9.99. The Morgan fingerprint density at radius 3 is 3.11 bits per heavy atom. The van der Waals surface area contributed by atoms with Crippen LogP contribution in [0.15, 0.2) is 24.4 Å². The van der Waals surface area contributed by atoms with Gasteiger partial charge in [0.05, 0.1) is 11.7 Å². The fourth-order valence-electron chi connectivity index (χ4n) is 3.25. The van der Waals surface area contributed by atoms with E-state index < -0.39 is 0 Å². The Morgan fingerprint density at radius 2 is 2.21 bits per heavy atom. The van der Waals surface area contributed by atoms with Crippen LogP contribution < -0.4 is 5.32 Å². The molecular weight excluding hydrogens is 234 g/mol. The second-order valence-corrected chi connectivity index (χ2v) is 5.76. The van der Waals surface area contributed by atoms with Gasteiger partial charge in [-0.05, 0) is 37.3 Å². The van der Waals surface area contributed by atoms with Gasteiger partial charge in [0.2, 0.25) is 0 Å². The lowest BCUT2D eigenvalue weighted by Gasteiger charge is -2.18. The molecule has 1 aromatic heterocycles. The zero-order chi connectivity index (χ0) is 13.1. The third kappa shape index (κ3) is 2.75. The van der Waals surface area contributed by atoms with Gasteiger partial charge >= 0.3 is 0 Å². The summed E-state index contributed by atoms with van der Waals surface area (Å²) >= 11 is 0. The van der Waals surface area contributed by atoms with Gasteiger partial charge in [0, 0.05) is 17.1 Å². The van der Waals surface area contributed by atoms with Gasteiger partial charge in [-0.3, -0.25) is 5.10 Å². The molecule has 3 nitrogen and oxygen atoms in total. The van der Waals surface area contributed by atoms with Crippen LogP contribution in [0.25, 0.3) is 10.9 Å². The first-order chi connectivity index (χ1) is 9.36. The molecule has 1 aliphatic rings. The molecule has 2 unspecified atom stereocenters. The monoisotopic (exact) mass is 257 g/mol. The topological polar surface area (TPSA) is 40.7 Å². The summed E-state index contributed by atoms with van der Waals surface area (Å²) < 4.78 is 0. The van der Waals surface area contributed by atoms with E-state index >= 15 is 0 Å². The summed E-state index contributed by atoms with van der Waals surface area (Å²) in [5.74, 6) is 0.941. The van der Waals surface area contributed by atoms with Crippen molar-refractivity contribution in [2.45, 2.75) is 51.5 Å². The van der Waals surface area contributed by atoms with Crippen molar-refractivity contribution in [1.82, 2.24) is 10.2 Å². The van der Waals surface area contributed by atoms with Crippen LogP contribution in [-0.4, -0.2) is 16.2 Å². The molecular formula is C16H23N3. The number of rotatable bonds is 3. The van der Waals surface area contributed by atoms with Gasteiger partial charge in [0.1, 0.15) is 0 Å². The van der Waals surface area contributed by atoms with Crippen LogP contribution in [0.3, 0.4) is 0 Å². The van der Waals surface area contributed by atoms with Crippen molar-refractivity contribution >= 4 is 16.6 Å². The average Bonchev–Trinajstić information content (AvgIpc) is 2.80. The highest BCUT2D eigenvalue weighted by Crippen LogP contribution is 2.29. The number of fused-ring (bicyclic) bond motifs is 1. The number of nitrogens with one attached hydrogen (secondary N) is 2. The van der Waals surface area contributed by atoms with Crippen molar-refractivity contribution in [3.63, 3.8) is 0 Å². The maximum Gasteiger partial charge on any atom is 0.0671 e. The molecule has 0 saturated heterocycles. The molecule has 0 radical (unpaired) electrons. The lowest BCUT2D eigenvalue weighted by Crippen LogP contribution is -2.18. The standard InChI is InChI=1S/C16H23N3/c1-2-12-5-3-6-13(10-9-12)18-15-7-4-8-16-14(15)11-17-19-16/h4,7-8,11-13,18H,2-3,5-6,9-10H2,1H3,(H,17,19). The molecule has 1 aromatic carbocycles. The van der Waals surface area contributed by atoms with Crippen molar-refractivity contribution in [2.75, 3.05) is 5.32 Å². The third-order valence-corrected chi connectivity index (χ3v) is 4.51. The zero-order valence-corrected chi connectivity index (χ0v) is 11.7. The van der Waals surface area contributed by atoms with Gasteiger partial charge in [-0.2, -0.15) is 5.10 Å². The average molecular weight is 257 g/mol. The van der Waals surface area contributed by atoms with E-state index in [1.54, 1.807) is 0 Å². The summed E-state index contributed by atoms with van der Waals surface area (Å²) in [6.45, 7) is 2.32. The molecule has 0 amide bonds. The summed E-state index contributed by atoms with van der Waals surface area (Å²) in [5, 5.41) is 12.1. The van der Waals surface area contributed by atoms with E-state index in [1.165, 1.54) is 49.6 Å². The van der Waals surface area contributed by atoms with E-state index in [2.05, 4.69) is 40.6 Å². The van der Waals surface area contributed by atoms with E-state index in [9.17, 15) is 0 Å². The van der Waals surface area contributed by atoms with E-state index in [-0.39, 0.29) is 0 Å². The Morgan fingerprint density at radius 1 is 1.26 bits per heavy atom. The smallest absolute Gasteiger partial charge is 0.0671 e. The van der Waals surface area contributed by atoms with Crippen molar-refractivity contribution in [3.8, 4) is 0 Å². The molecule has 2 atom stereocenters. The SMILES string of the molecule is CCC1CCCC(Nc2cccc3[nH]ncc23)CC1. The Labute approximate surface area is 114 Å². The number of H-pyrrole nitrogens is 1. The first-order valence-electron chi connectivity index (χ1n) is 7.55. The summed E-state index contributed by atoms with van der Waals surface area (Å²) in [7, 11) is 0. The highest BCUT2D eigenvalue weighted by molar-refractivity contribution is 5.90. The first-order valence-corrected chi connectivity index (χ1v) is 7.55. The van der Waals surface area contributed by atoms with Crippen LogP contribution in [0.1, 0.15) is 45.4 Å². The van der Waals surface area contributed by atoms with Gasteiger partial charge in [-0.15, -0.1) is 0 Å². The minimum atomic E-state index is 0.622. The number of hydrogen-bond donors (Lipinski definition) is 2. The van der Waals surface area contributed by atoms with E-state index in [0.29, 0.717) is 6.04 Å². The van der Waals surface area contributed by atoms with E-state index in [0.717, 1.165) is 11.4 Å². The summed E-state index contributed by atoms with van der Waals surface area (Å²) in [5.41, 5.74) is 2.34. The number of aromatic nitrogens is 2. The van der Waals surface area contributed by atoms with E-state index in [4.69, 9.17) is 0 Å². The molecule has 1 heterocycles. The molecule has 102 valence electrons. The van der Waals surface area contributed by atoms with Crippen molar-refractivity contribution < 1.29 is 0 Å². The molecule has 0 aliphatic heterocycles. The molecule has 3 rings (SSSR count). The predicted octanol–water partition coefficient (Wildman–Crippen LogP) is 4.33. The second kappa shape index (κ2) is 5.64. The van der Waals surface area contributed by atoms with Gasteiger partial charge in [-0.25, -0.2) is 0 Å². The predicted molar refractivity (Wildman–Crippen MR) is 80.4 cm³/mol. The molecule has 1 aliphatic carbocycles. The normalized spacial score (nSPS) is 24.3. The number of nitrogens with zero attached hydrogens (tertiary/aromatic N) is 1. The van der Waals surface area contributed by atoms with Crippen LogP contribution in [0.2, 0.25) is 0 Å². The molecule has 2 aromatic rings. The van der Waals surface area contributed by atoms with Gasteiger partial charge in [-0.1, -0.05) is 32.3 Å². The maximum atomic E-state index is 4.13. The lowest BCUT2D eigenvalue weighted by molar-refractivity contribution is 0.445. The molecule has 0 spiro atoms. The molecule has 2 N–H and O–H groups in total. The van der Waals surface area contributed by atoms with Crippen molar-refractivity contribution in [1.29, 1.82) is 0 Å². The molecule has 3 heteroatoms. The van der Waals surface area contributed by atoms with Gasteiger partial charge in [0.25, 0.3) is 0 Å². The number of benzene rings is 1.